The molecule has 1 aromatic carbocycles. The summed E-state index contributed by atoms with van der Waals surface area (Å²) in [6.45, 7) is 9.57. The van der Waals surface area contributed by atoms with Crippen LogP contribution in [-0.4, -0.2) is 24.7 Å². The number of rotatable bonds is 5. The van der Waals surface area contributed by atoms with Crippen molar-refractivity contribution >= 4 is 19.6 Å². The lowest BCUT2D eigenvalue weighted by Crippen LogP contribution is -2.37. The van der Waals surface area contributed by atoms with E-state index in [1.54, 1.807) is 12.2 Å². The molecule has 3 heteroatoms. The lowest BCUT2D eigenvalue weighted by Gasteiger charge is -2.18. The number of carbonyl (C=O) groups excluding carboxylic acids is 1. The maximum atomic E-state index is 12.0. The number of aliphatic hydroxyl groups is 1. The van der Waals surface area contributed by atoms with Crippen LogP contribution in [0.3, 0.4) is 0 Å². The molecule has 1 rings (SSSR count). The monoisotopic (exact) mass is 260 g/mol. The van der Waals surface area contributed by atoms with Gasteiger partial charge in [0, 0.05) is 5.57 Å². The van der Waals surface area contributed by atoms with Crippen molar-refractivity contribution in [3.8, 4) is 0 Å². The Hall–Kier alpha value is -1.45. The molecule has 0 amide bonds. The highest BCUT2D eigenvalue weighted by Crippen LogP contribution is 2.14. The summed E-state index contributed by atoms with van der Waals surface area (Å²) in [5.41, 5.74) is 1.28. The molecule has 0 aliphatic carbocycles. The Kier molecular flexibility index (Phi) is 4.82. The van der Waals surface area contributed by atoms with Gasteiger partial charge in [0.1, 0.15) is 13.5 Å². The van der Waals surface area contributed by atoms with Gasteiger partial charge in [-0.05, 0) is 5.56 Å². The third kappa shape index (κ3) is 4.09. The fourth-order valence-corrected chi connectivity index (χ4v) is 2.61. The minimum Gasteiger partial charge on any atom is -0.384 e. The van der Waals surface area contributed by atoms with Gasteiger partial charge in [0.15, 0.2) is 0 Å². The molecule has 0 aromatic heterocycles. The highest BCUT2D eigenvalue weighted by molar-refractivity contribution is 7.05. The molecule has 1 N–H and O–H groups in total. The summed E-state index contributed by atoms with van der Waals surface area (Å²) in [6.07, 6.45) is 2.51. The van der Waals surface area contributed by atoms with Crippen LogP contribution in [0.15, 0.2) is 48.6 Å². The van der Waals surface area contributed by atoms with Crippen molar-refractivity contribution < 1.29 is 9.90 Å². The fourth-order valence-electron chi connectivity index (χ4n) is 1.50. The van der Waals surface area contributed by atoms with Crippen LogP contribution in [0.2, 0.25) is 19.6 Å². The summed E-state index contributed by atoms with van der Waals surface area (Å²) >= 11 is 0. The summed E-state index contributed by atoms with van der Waals surface area (Å²) < 4.78 is 0. The molecule has 0 radical (unpaired) electrons. The van der Waals surface area contributed by atoms with Gasteiger partial charge in [0.2, 0.25) is 0 Å². The zero-order valence-electron chi connectivity index (χ0n) is 11.2. The van der Waals surface area contributed by atoms with Crippen molar-refractivity contribution in [1.29, 1.82) is 0 Å². The molecule has 0 fully saturated rings. The van der Waals surface area contributed by atoms with E-state index in [9.17, 15) is 9.90 Å². The molecule has 0 aliphatic heterocycles. The lowest BCUT2D eigenvalue weighted by molar-refractivity contribution is -0.110. The largest absolute Gasteiger partial charge is 0.384 e. The number of carbonyl (C=O) groups is 1. The molecular weight excluding hydrogens is 240 g/mol. The van der Waals surface area contributed by atoms with E-state index in [2.05, 4.69) is 6.58 Å². The van der Waals surface area contributed by atoms with Gasteiger partial charge in [-0.2, -0.15) is 0 Å². The van der Waals surface area contributed by atoms with Gasteiger partial charge in [-0.3, -0.25) is 0 Å². The van der Waals surface area contributed by atoms with Crippen molar-refractivity contribution in [1.82, 2.24) is 0 Å². The van der Waals surface area contributed by atoms with E-state index < -0.39 is 14.2 Å². The molecule has 0 saturated heterocycles. The molecule has 18 heavy (non-hydrogen) atoms. The van der Waals surface area contributed by atoms with Crippen molar-refractivity contribution in [2.45, 2.75) is 25.7 Å². The Morgan fingerprint density at radius 3 is 2.33 bits per heavy atom. The van der Waals surface area contributed by atoms with Crippen LogP contribution in [-0.2, 0) is 4.79 Å². The van der Waals surface area contributed by atoms with Gasteiger partial charge in [0.05, 0.1) is 6.10 Å². The zero-order valence-corrected chi connectivity index (χ0v) is 12.2. The summed E-state index contributed by atoms with van der Waals surface area (Å²) in [7, 11) is -1.93. The van der Waals surface area contributed by atoms with Crippen LogP contribution in [0.1, 0.15) is 5.56 Å². The predicted molar refractivity (Wildman–Crippen MR) is 79.0 cm³/mol. The molecule has 0 bridgehead atoms. The molecule has 2 nitrogen and oxygen atoms in total. The highest BCUT2D eigenvalue weighted by atomic mass is 28.3. The van der Waals surface area contributed by atoms with E-state index in [4.69, 9.17) is 0 Å². The Balaban J connectivity index is 2.72. The first-order valence-corrected chi connectivity index (χ1v) is 9.47. The van der Waals surface area contributed by atoms with Gasteiger partial charge in [-0.15, -0.1) is 0 Å². The summed E-state index contributed by atoms with van der Waals surface area (Å²) in [4.78, 5) is 12.0. The minimum atomic E-state index is -1.93. The second kappa shape index (κ2) is 5.93. The maximum Gasteiger partial charge on any atom is 0.138 e. The Morgan fingerprint density at radius 1 is 1.28 bits per heavy atom. The van der Waals surface area contributed by atoms with Crippen LogP contribution < -0.4 is 0 Å². The summed E-state index contributed by atoms with van der Waals surface area (Å²) in [6, 6.07) is 9.66. The van der Waals surface area contributed by atoms with Gasteiger partial charge >= 0.3 is 0 Å². The molecule has 0 heterocycles. The topological polar surface area (TPSA) is 37.3 Å². The smallest absolute Gasteiger partial charge is 0.138 e. The van der Waals surface area contributed by atoms with Gasteiger partial charge in [-0.25, -0.2) is 0 Å². The second-order valence-electron chi connectivity index (χ2n) is 5.32. The highest BCUT2D eigenvalue weighted by Gasteiger charge is 2.28. The van der Waals surface area contributed by atoms with Crippen molar-refractivity contribution in [3.63, 3.8) is 0 Å². The third-order valence-corrected chi connectivity index (χ3v) is 4.28. The first kappa shape index (κ1) is 14.6. The zero-order chi connectivity index (χ0) is 13.8. The van der Waals surface area contributed by atoms with E-state index in [1.165, 1.54) is 0 Å². The van der Waals surface area contributed by atoms with E-state index in [0.29, 0.717) is 5.57 Å². The molecule has 0 aliphatic rings. The van der Waals surface area contributed by atoms with E-state index in [0.717, 1.165) is 5.56 Å². The second-order valence-corrected chi connectivity index (χ2v) is 10.3. The lowest BCUT2D eigenvalue weighted by atomic mass is 10.1. The van der Waals surface area contributed by atoms with Crippen molar-refractivity contribution in [2.75, 3.05) is 0 Å². The number of aliphatic hydroxyl groups excluding tert-OH is 1. The normalized spacial score (nSPS) is 13.6. The molecule has 1 atom stereocenters. The molecular formula is C15H20O2Si. The molecule has 0 saturated carbocycles. The standard InChI is InChI=1S/C15H20O2Si/c1-12(15(17)18(2,3)4)14(16)11-10-13-8-6-5-7-9-13/h5-11,14,16H,1H2,2-4H3/b11-10+. The minimum absolute atomic E-state index is 0.0210. The average Bonchev–Trinajstić information content (AvgIpc) is 2.34. The van der Waals surface area contributed by atoms with Crippen LogP contribution in [0.5, 0.6) is 0 Å². The third-order valence-electron chi connectivity index (χ3n) is 2.60. The predicted octanol–water partition coefficient (Wildman–Crippen LogP) is 3.06. The van der Waals surface area contributed by atoms with Gasteiger partial charge < -0.3 is 9.90 Å². The average molecular weight is 260 g/mol. The summed E-state index contributed by atoms with van der Waals surface area (Å²) in [5.74, 6) is 0. The maximum absolute atomic E-state index is 12.0. The van der Waals surface area contributed by atoms with Crippen LogP contribution in [0.4, 0.5) is 0 Å². The molecule has 96 valence electrons. The Bertz CT molecular complexity index is 455. The van der Waals surface area contributed by atoms with E-state index in [1.807, 2.05) is 50.0 Å². The van der Waals surface area contributed by atoms with Crippen LogP contribution >= 0.6 is 0 Å². The number of hydrogen-bond acceptors (Lipinski definition) is 2. The van der Waals surface area contributed by atoms with Crippen molar-refractivity contribution in [2.24, 2.45) is 0 Å². The van der Waals surface area contributed by atoms with Crippen LogP contribution in [0, 0.1) is 0 Å². The molecule has 1 aromatic rings. The van der Waals surface area contributed by atoms with Gasteiger partial charge in [-0.1, -0.05) is 68.7 Å². The Morgan fingerprint density at radius 2 is 1.83 bits per heavy atom. The fraction of sp³-hybridized carbons (Fsp3) is 0.267. The van der Waals surface area contributed by atoms with Crippen molar-refractivity contribution in [3.05, 3.63) is 54.1 Å². The summed E-state index contributed by atoms with van der Waals surface area (Å²) in [5, 5.41) is 9.95. The first-order valence-electron chi connectivity index (χ1n) is 5.97. The quantitative estimate of drug-likeness (QED) is 0.652. The van der Waals surface area contributed by atoms with Gasteiger partial charge in [0.25, 0.3) is 0 Å². The van der Waals surface area contributed by atoms with Crippen LogP contribution in [0.25, 0.3) is 6.08 Å². The Labute approximate surface area is 110 Å². The number of benzene rings is 1. The SMILES string of the molecule is C=C(C(=O)[Si](C)(C)C)C(O)/C=C/c1ccccc1. The van der Waals surface area contributed by atoms with E-state index >= 15 is 0 Å². The number of hydrogen-bond donors (Lipinski definition) is 1. The molecule has 0 spiro atoms. The molecule has 1 unspecified atom stereocenters. The van der Waals surface area contributed by atoms with E-state index in [-0.39, 0.29) is 5.41 Å². The first-order chi connectivity index (χ1) is 8.32.